The number of rotatable bonds is 13. The van der Waals surface area contributed by atoms with Crippen LogP contribution in [0.4, 0.5) is 31.1 Å². The number of anilines is 4. The zero-order valence-electron chi connectivity index (χ0n) is 35.9. The van der Waals surface area contributed by atoms with Crippen molar-refractivity contribution < 1.29 is 33.1 Å². The number of piperazine rings is 1. The van der Waals surface area contributed by atoms with Crippen molar-refractivity contribution in [1.29, 1.82) is 0 Å². The van der Waals surface area contributed by atoms with Gasteiger partial charge in [-0.15, -0.1) is 11.3 Å². The highest BCUT2D eigenvalue weighted by molar-refractivity contribution is 7.13. The fourth-order valence-electron chi connectivity index (χ4n) is 9.66. The molecule has 0 bridgehead atoms. The number of nitrogens with one attached hydrogen (secondary N) is 3. The van der Waals surface area contributed by atoms with Crippen LogP contribution < -0.4 is 25.8 Å². The fraction of sp³-hybridized carbons (Fsp3) is 0.391. The number of aromatic nitrogens is 6. The van der Waals surface area contributed by atoms with Gasteiger partial charge in [0.05, 0.1) is 29.2 Å². The van der Waals surface area contributed by atoms with E-state index in [2.05, 4.69) is 40.8 Å². The standard InChI is InChI=1S/C46H48F2N12O5S/c47-33-22-31(5-7-34(33)52-35-8-10-38(62)53-43(35)63)57-15-11-46(65,12-16-57)30(26-61)25-56-17-19-58(20-18-56)37-9-4-28(23-50-37)32-6-3-29-24-60(55-40(29)39(32)48)42(44(64)54-45-49-13-21-66-45)41-36-2-1-14-59(36)27-51-41/h3-7,9,13,21-24,26-27,30,35,42,52,65H,1-2,8,10-12,14-20,25H2,(H,49,54,64)(H,53,62,63). The second-order valence-electron chi connectivity index (χ2n) is 17.4. The number of hydrogen-bond acceptors (Lipinski definition) is 14. The second-order valence-corrected chi connectivity index (χ2v) is 18.3. The predicted molar refractivity (Wildman–Crippen MR) is 243 cm³/mol. The van der Waals surface area contributed by atoms with Crippen LogP contribution in [0.1, 0.15) is 49.5 Å². The maximum Gasteiger partial charge on any atom is 0.257 e. The molecule has 4 aromatic heterocycles. The molecule has 20 heteroatoms. The van der Waals surface area contributed by atoms with Crippen LogP contribution in [-0.4, -0.2) is 121 Å². The van der Waals surface area contributed by atoms with Gasteiger partial charge >= 0.3 is 0 Å². The second kappa shape index (κ2) is 18.0. The van der Waals surface area contributed by atoms with E-state index in [-0.39, 0.29) is 35.9 Å². The largest absolute Gasteiger partial charge is 0.389 e. The number of nitrogens with zero attached hydrogens (tertiary/aromatic N) is 9. The molecule has 8 heterocycles. The summed E-state index contributed by atoms with van der Waals surface area (Å²) < 4.78 is 35.1. The number of benzene rings is 2. The third-order valence-corrected chi connectivity index (χ3v) is 14.1. The van der Waals surface area contributed by atoms with Crippen molar-refractivity contribution in [2.45, 2.75) is 62.8 Å². The van der Waals surface area contributed by atoms with Crippen molar-refractivity contribution in [2.75, 3.05) is 66.2 Å². The lowest BCUT2D eigenvalue weighted by Gasteiger charge is -2.44. The monoisotopic (exact) mass is 918 g/mol. The van der Waals surface area contributed by atoms with E-state index in [0.717, 1.165) is 37.2 Å². The molecule has 4 aliphatic rings. The number of piperidine rings is 2. The van der Waals surface area contributed by atoms with Crippen LogP contribution in [0.25, 0.3) is 22.0 Å². The molecular weight excluding hydrogens is 871 g/mol. The summed E-state index contributed by atoms with van der Waals surface area (Å²) in [5, 5.41) is 27.2. The Bertz CT molecular complexity index is 2780. The number of imide groups is 1. The molecular formula is C46H48F2N12O5S. The molecule has 0 radical (unpaired) electrons. The molecule has 0 spiro atoms. The summed E-state index contributed by atoms with van der Waals surface area (Å²) in [5.41, 5.74) is 2.16. The summed E-state index contributed by atoms with van der Waals surface area (Å²) in [6.07, 6.45) is 10.4. The van der Waals surface area contributed by atoms with E-state index in [1.54, 1.807) is 54.6 Å². The maximum atomic E-state index is 16.4. The van der Waals surface area contributed by atoms with E-state index in [9.17, 15) is 24.3 Å². The van der Waals surface area contributed by atoms with Crippen LogP contribution in [0.3, 0.4) is 0 Å². The molecule has 4 aliphatic heterocycles. The van der Waals surface area contributed by atoms with Gasteiger partial charge in [-0.3, -0.25) is 34.6 Å². The highest BCUT2D eigenvalue weighted by atomic mass is 32.1. The Balaban J connectivity index is 0.750. The molecule has 0 aliphatic carbocycles. The molecule has 2 aromatic carbocycles. The zero-order valence-corrected chi connectivity index (χ0v) is 36.7. The number of aldehydes is 1. The van der Waals surface area contributed by atoms with Gasteiger partial charge in [0.1, 0.15) is 29.5 Å². The number of thiazole rings is 1. The molecule has 3 unspecified atom stereocenters. The lowest BCUT2D eigenvalue weighted by atomic mass is 9.79. The number of amides is 3. The van der Waals surface area contributed by atoms with E-state index in [1.807, 2.05) is 21.6 Å². The lowest BCUT2D eigenvalue weighted by molar-refractivity contribution is -0.133. The molecule has 10 rings (SSSR count). The van der Waals surface area contributed by atoms with Gasteiger partial charge in [0.25, 0.3) is 5.91 Å². The molecule has 17 nitrogen and oxygen atoms in total. The normalized spacial score (nSPS) is 19.7. The van der Waals surface area contributed by atoms with Gasteiger partial charge in [0.15, 0.2) is 17.0 Å². The van der Waals surface area contributed by atoms with Crippen molar-refractivity contribution >= 4 is 68.6 Å². The first-order valence-corrected chi connectivity index (χ1v) is 23.1. The molecule has 4 N–H and O–H groups in total. The number of halogens is 2. The molecule has 66 heavy (non-hydrogen) atoms. The predicted octanol–water partition coefficient (Wildman–Crippen LogP) is 4.39. The average molecular weight is 919 g/mol. The quantitative estimate of drug-likeness (QED) is 0.0942. The summed E-state index contributed by atoms with van der Waals surface area (Å²) in [6.45, 7) is 4.64. The van der Waals surface area contributed by atoms with Gasteiger partial charge in [-0.25, -0.2) is 23.7 Å². The molecule has 3 fully saturated rings. The number of aliphatic hydroxyl groups is 1. The van der Waals surface area contributed by atoms with E-state index in [0.29, 0.717) is 91.7 Å². The number of hydrogen-bond donors (Lipinski definition) is 4. The molecule has 3 amide bonds. The third-order valence-electron chi connectivity index (χ3n) is 13.4. The summed E-state index contributed by atoms with van der Waals surface area (Å²) in [4.78, 5) is 69.7. The van der Waals surface area contributed by atoms with Crippen molar-refractivity contribution in [2.24, 2.45) is 5.92 Å². The Kier molecular flexibility index (Phi) is 11.8. The van der Waals surface area contributed by atoms with E-state index < -0.39 is 41.1 Å². The molecule has 6 aromatic rings. The minimum atomic E-state index is -1.22. The van der Waals surface area contributed by atoms with Gasteiger partial charge in [0.2, 0.25) is 11.8 Å². The first-order valence-electron chi connectivity index (χ1n) is 22.2. The molecule has 0 saturated carbocycles. The Morgan fingerprint density at radius 3 is 2.55 bits per heavy atom. The van der Waals surface area contributed by atoms with Crippen LogP contribution in [-0.2, 0) is 32.1 Å². The highest BCUT2D eigenvalue weighted by Gasteiger charge is 2.41. The van der Waals surface area contributed by atoms with Crippen molar-refractivity contribution in [3.05, 3.63) is 95.8 Å². The summed E-state index contributed by atoms with van der Waals surface area (Å²) in [7, 11) is 0. The Hall–Kier alpha value is -6.64. The smallest absolute Gasteiger partial charge is 0.257 e. The maximum absolute atomic E-state index is 16.4. The van der Waals surface area contributed by atoms with E-state index >= 15 is 8.78 Å². The number of imidazole rings is 1. The molecule has 3 saturated heterocycles. The van der Waals surface area contributed by atoms with Crippen LogP contribution in [0.15, 0.2) is 72.8 Å². The number of aryl methyl sites for hydroxylation is 1. The number of pyridine rings is 1. The molecule has 3 atom stereocenters. The lowest BCUT2D eigenvalue weighted by Crippen LogP contribution is -2.55. The molecule has 342 valence electrons. The van der Waals surface area contributed by atoms with Gasteiger partial charge in [0, 0.05) is 111 Å². The minimum Gasteiger partial charge on any atom is -0.389 e. The van der Waals surface area contributed by atoms with Crippen LogP contribution >= 0.6 is 11.3 Å². The van der Waals surface area contributed by atoms with Crippen molar-refractivity contribution in [3.63, 3.8) is 0 Å². The van der Waals surface area contributed by atoms with E-state index in [1.165, 1.54) is 22.1 Å². The summed E-state index contributed by atoms with van der Waals surface area (Å²) in [5.74, 6) is -2.12. The summed E-state index contributed by atoms with van der Waals surface area (Å²) in [6, 6.07) is 10.3. The van der Waals surface area contributed by atoms with Gasteiger partial charge in [-0.1, -0.05) is 12.1 Å². The topological polar surface area (TPSA) is 196 Å². The van der Waals surface area contributed by atoms with Gasteiger partial charge < -0.3 is 29.6 Å². The first-order chi connectivity index (χ1) is 32.0. The van der Waals surface area contributed by atoms with Crippen molar-refractivity contribution in [3.8, 4) is 11.1 Å². The van der Waals surface area contributed by atoms with Gasteiger partial charge in [-0.2, -0.15) is 5.10 Å². The van der Waals surface area contributed by atoms with Crippen molar-refractivity contribution in [1.82, 2.24) is 39.5 Å². The van der Waals surface area contributed by atoms with Gasteiger partial charge in [-0.05, 0) is 62.4 Å². The van der Waals surface area contributed by atoms with Crippen LogP contribution in [0.2, 0.25) is 0 Å². The Morgan fingerprint density at radius 2 is 1.82 bits per heavy atom. The number of carbonyl (C=O) groups excluding carboxylic acids is 4. The third kappa shape index (κ3) is 8.51. The highest BCUT2D eigenvalue weighted by Crippen LogP contribution is 2.35. The number of fused-ring (bicyclic) bond motifs is 2. The van der Waals surface area contributed by atoms with Crippen LogP contribution in [0.5, 0.6) is 0 Å². The average Bonchev–Trinajstić information content (AvgIpc) is 4.16. The van der Waals surface area contributed by atoms with Crippen LogP contribution in [0, 0.1) is 17.6 Å². The Labute approximate surface area is 381 Å². The first kappa shape index (κ1) is 43.3. The van der Waals surface area contributed by atoms with E-state index in [4.69, 9.17) is 4.98 Å². The fourth-order valence-corrected chi connectivity index (χ4v) is 10.2. The summed E-state index contributed by atoms with van der Waals surface area (Å²) >= 11 is 1.30. The zero-order chi connectivity index (χ0) is 45.5. The SMILES string of the molecule is O=CC(CN1CCN(c2ccc(-c3ccc4cn(C(C(=O)Nc5nccs5)c5ncn6c5CCC6)nc4c3F)cn2)CC1)C1(O)CCN(c2ccc(NC3CCC(=O)NC3=O)c(F)c2)CC1. The minimum absolute atomic E-state index is 0.128. The Morgan fingerprint density at radius 1 is 0.985 bits per heavy atom. The number of carbonyl (C=O) groups is 4.